The molecule has 0 radical (unpaired) electrons. The summed E-state index contributed by atoms with van der Waals surface area (Å²) >= 11 is 0. The number of amides is 1. The smallest absolute Gasteiger partial charge is 0.272 e. The van der Waals surface area contributed by atoms with Gasteiger partial charge in [0.15, 0.2) is 5.89 Å². The van der Waals surface area contributed by atoms with Crippen LogP contribution in [0.2, 0.25) is 0 Å². The summed E-state index contributed by atoms with van der Waals surface area (Å²) in [5.74, 6) is 2.38. The summed E-state index contributed by atoms with van der Waals surface area (Å²) in [5, 5.41) is 0. The highest BCUT2D eigenvalue weighted by molar-refractivity contribution is 5.93. The van der Waals surface area contributed by atoms with Gasteiger partial charge in [-0.1, -0.05) is 13.8 Å². The minimum absolute atomic E-state index is 0.0138. The van der Waals surface area contributed by atoms with Gasteiger partial charge in [0, 0.05) is 26.4 Å². The van der Waals surface area contributed by atoms with Crippen molar-refractivity contribution in [1.29, 1.82) is 0 Å². The fraction of sp³-hybridized carbons (Fsp3) is 0.588. The average Bonchev–Trinajstić information content (AvgIpc) is 3.06. The molecular weight excluding hydrogens is 292 g/mol. The highest BCUT2D eigenvalue weighted by Gasteiger charge is 2.28. The zero-order chi connectivity index (χ0) is 16.6. The molecule has 0 N–H and O–H groups in total. The molecule has 6 heteroatoms. The molecule has 0 aromatic carbocycles. The number of carbonyl (C=O) groups is 1. The minimum atomic E-state index is 0.0138. The van der Waals surface area contributed by atoms with Gasteiger partial charge in [-0.3, -0.25) is 4.79 Å². The second-order valence-electron chi connectivity index (χ2n) is 6.68. The van der Waals surface area contributed by atoms with Crippen molar-refractivity contribution in [3.63, 3.8) is 0 Å². The Morgan fingerprint density at radius 3 is 2.87 bits per heavy atom. The first kappa shape index (κ1) is 15.8. The Hall–Kier alpha value is -2.11. The first-order valence-corrected chi connectivity index (χ1v) is 8.20. The summed E-state index contributed by atoms with van der Waals surface area (Å²) in [6.07, 6.45) is 4.33. The molecule has 3 heterocycles. The Morgan fingerprint density at radius 2 is 2.22 bits per heavy atom. The van der Waals surface area contributed by atoms with Crippen LogP contribution in [-0.2, 0) is 26.4 Å². The molecule has 0 unspecified atom stereocenters. The number of aromatic nitrogens is 3. The third kappa shape index (κ3) is 3.16. The van der Waals surface area contributed by atoms with E-state index in [9.17, 15) is 4.79 Å². The Bertz CT molecular complexity index is 695. The molecule has 0 fully saturated rings. The SMILES string of the molecule is Cc1ncn(C)c1C(=O)N1CCc2oc(CCC(C)C)nc2C1. The Kier molecular flexibility index (Phi) is 4.24. The number of fused-ring (bicyclic) bond motifs is 1. The maximum Gasteiger partial charge on any atom is 0.272 e. The van der Waals surface area contributed by atoms with E-state index >= 15 is 0 Å². The summed E-state index contributed by atoms with van der Waals surface area (Å²) < 4.78 is 7.64. The van der Waals surface area contributed by atoms with Gasteiger partial charge >= 0.3 is 0 Å². The van der Waals surface area contributed by atoms with Gasteiger partial charge in [0.25, 0.3) is 5.91 Å². The average molecular weight is 316 g/mol. The zero-order valence-electron chi connectivity index (χ0n) is 14.3. The highest BCUT2D eigenvalue weighted by Crippen LogP contribution is 2.23. The lowest BCUT2D eigenvalue weighted by atomic mass is 10.1. The summed E-state index contributed by atoms with van der Waals surface area (Å²) in [6, 6.07) is 0. The van der Waals surface area contributed by atoms with Crippen LogP contribution in [0.3, 0.4) is 0 Å². The van der Waals surface area contributed by atoms with Crippen LogP contribution in [-0.4, -0.2) is 31.9 Å². The molecule has 1 aliphatic heterocycles. The second-order valence-corrected chi connectivity index (χ2v) is 6.68. The molecule has 0 bridgehead atoms. The van der Waals surface area contributed by atoms with Gasteiger partial charge in [-0.15, -0.1) is 0 Å². The third-order valence-electron chi connectivity index (χ3n) is 4.32. The normalized spacial score (nSPS) is 14.4. The van der Waals surface area contributed by atoms with Crippen LogP contribution in [0.4, 0.5) is 0 Å². The molecule has 0 aliphatic carbocycles. The number of aryl methyl sites for hydroxylation is 3. The van der Waals surface area contributed by atoms with Crippen molar-refractivity contribution >= 4 is 5.91 Å². The predicted molar refractivity (Wildman–Crippen MR) is 86.1 cm³/mol. The number of oxazole rings is 1. The molecule has 1 aliphatic rings. The Balaban J connectivity index is 1.74. The van der Waals surface area contributed by atoms with E-state index in [2.05, 4.69) is 23.8 Å². The van der Waals surface area contributed by atoms with Crippen molar-refractivity contribution in [1.82, 2.24) is 19.4 Å². The van der Waals surface area contributed by atoms with E-state index in [1.165, 1.54) is 0 Å². The molecule has 2 aromatic heterocycles. The molecule has 1 amide bonds. The van der Waals surface area contributed by atoms with E-state index in [-0.39, 0.29) is 5.91 Å². The number of carbonyl (C=O) groups excluding carboxylic acids is 1. The van der Waals surface area contributed by atoms with Crippen LogP contribution in [0.5, 0.6) is 0 Å². The molecule has 3 rings (SSSR count). The largest absolute Gasteiger partial charge is 0.445 e. The summed E-state index contributed by atoms with van der Waals surface area (Å²) in [7, 11) is 1.85. The van der Waals surface area contributed by atoms with Crippen LogP contribution in [0.15, 0.2) is 10.7 Å². The van der Waals surface area contributed by atoms with Crippen LogP contribution in [0.1, 0.15) is 53.8 Å². The lowest BCUT2D eigenvalue weighted by molar-refractivity contribution is 0.0717. The summed E-state index contributed by atoms with van der Waals surface area (Å²) in [5.41, 5.74) is 2.32. The maximum atomic E-state index is 12.7. The molecule has 124 valence electrons. The Labute approximate surface area is 136 Å². The van der Waals surface area contributed by atoms with Crippen molar-refractivity contribution in [2.75, 3.05) is 6.54 Å². The van der Waals surface area contributed by atoms with Crippen molar-refractivity contribution in [3.8, 4) is 0 Å². The molecule has 0 atom stereocenters. The number of hydrogen-bond donors (Lipinski definition) is 0. The fourth-order valence-electron chi connectivity index (χ4n) is 2.95. The molecular formula is C17H24N4O2. The standard InChI is InChI=1S/C17H24N4O2/c1-11(2)5-6-15-19-13-9-21(8-7-14(13)23-15)17(22)16-12(3)18-10-20(16)4/h10-11H,5-9H2,1-4H3. The van der Waals surface area contributed by atoms with Crippen molar-refractivity contribution in [3.05, 3.63) is 35.1 Å². The van der Waals surface area contributed by atoms with Gasteiger partial charge in [-0.25, -0.2) is 9.97 Å². The second kappa shape index (κ2) is 6.18. The van der Waals surface area contributed by atoms with Gasteiger partial charge in [0.1, 0.15) is 17.1 Å². The number of hydrogen-bond acceptors (Lipinski definition) is 4. The van der Waals surface area contributed by atoms with Crippen LogP contribution in [0, 0.1) is 12.8 Å². The van der Waals surface area contributed by atoms with Gasteiger partial charge in [-0.05, 0) is 19.3 Å². The zero-order valence-corrected chi connectivity index (χ0v) is 14.3. The molecule has 0 saturated carbocycles. The first-order valence-electron chi connectivity index (χ1n) is 8.20. The Morgan fingerprint density at radius 1 is 1.43 bits per heavy atom. The minimum Gasteiger partial charge on any atom is -0.445 e. The number of imidazole rings is 1. The van der Waals surface area contributed by atoms with Gasteiger partial charge in [0.05, 0.1) is 18.6 Å². The van der Waals surface area contributed by atoms with Crippen LogP contribution >= 0.6 is 0 Å². The topological polar surface area (TPSA) is 64.2 Å². The van der Waals surface area contributed by atoms with Gasteiger partial charge < -0.3 is 13.9 Å². The maximum absolute atomic E-state index is 12.7. The van der Waals surface area contributed by atoms with Crippen LogP contribution < -0.4 is 0 Å². The number of rotatable bonds is 4. The summed E-state index contributed by atoms with van der Waals surface area (Å²) in [6.45, 7) is 7.43. The summed E-state index contributed by atoms with van der Waals surface area (Å²) in [4.78, 5) is 23.4. The lowest BCUT2D eigenvalue weighted by Gasteiger charge is -2.25. The molecule has 0 spiro atoms. The predicted octanol–water partition coefficient (Wildman–Crippen LogP) is 2.50. The molecule has 23 heavy (non-hydrogen) atoms. The number of nitrogens with zero attached hydrogens (tertiary/aromatic N) is 4. The quantitative estimate of drug-likeness (QED) is 0.869. The molecule has 2 aromatic rings. The monoisotopic (exact) mass is 316 g/mol. The van der Waals surface area contributed by atoms with Crippen LogP contribution in [0.25, 0.3) is 0 Å². The van der Waals surface area contributed by atoms with Crippen molar-refractivity contribution < 1.29 is 9.21 Å². The van der Waals surface area contributed by atoms with E-state index in [4.69, 9.17) is 4.42 Å². The van der Waals surface area contributed by atoms with Crippen molar-refractivity contribution in [2.45, 2.75) is 46.6 Å². The van der Waals surface area contributed by atoms with E-state index < -0.39 is 0 Å². The van der Waals surface area contributed by atoms with Crippen molar-refractivity contribution in [2.24, 2.45) is 13.0 Å². The van der Waals surface area contributed by atoms with Gasteiger partial charge in [-0.2, -0.15) is 0 Å². The molecule has 0 saturated heterocycles. The van der Waals surface area contributed by atoms with E-state index in [0.717, 1.165) is 42.3 Å². The fourth-order valence-corrected chi connectivity index (χ4v) is 2.95. The lowest BCUT2D eigenvalue weighted by Crippen LogP contribution is -2.37. The van der Waals surface area contributed by atoms with Gasteiger partial charge in [0.2, 0.25) is 0 Å². The molecule has 6 nitrogen and oxygen atoms in total. The third-order valence-corrected chi connectivity index (χ3v) is 4.32. The van der Waals surface area contributed by atoms with E-state index in [1.54, 1.807) is 10.9 Å². The van der Waals surface area contributed by atoms with E-state index in [1.807, 2.05) is 18.9 Å². The van der Waals surface area contributed by atoms with E-state index in [0.29, 0.717) is 24.7 Å². The highest BCUT2D eigenvalue weighted by atomic mass is 16.4. The first-order chi connectivity index (χ1) is 11.0.